The summed E-state index contributed by atoms with van der Waals surface area (Å²) in [7, 11) is 2.91. The average molecular weight is 183 g/mol. The van der Waals surface area contributed by atoms with E-state index in [1.807, 2.05) is 0 Å². The molecule has 1 rings (SSSR count). The Morgan fingerprint density at radius 2 is 2.23 bits per heavy atom. The molecule has 0 saturated heterocycles. The van der Waals surface area contributed by atoms with Gasteiger partial charge in [0, 0.05) is 6.20 Å². The zero-order valence-corrected chi connectivity index (χ0v) is 7.26. The number of hydrogen-bond acceptors (Lipinski definition) is 6. The zero-order valence-electron chi connectivity index (χ0n) is 7.26. The predicted molar refractivity (Wildman–Crippen MR) is 44.5 cm³/mol. The van der Waals surface area contributed by atoms with Crippen molar-refractivity contribution in [3.05, 3.63) is 11.8 Å². The van der Waals surface area contributed by atoms with Crippen molar-refractivity contribution >= 4 is 6.21 Å². The predicted octanol–water partition coefficient (Wildman–Crippen LogP) is 0.302. The lowest BCUT2D eigenvalue weighted by atomic mass is 10.3. The van der Waals surface area contributed by atoms with Crippen molar-refractivity contribution in [1.82, 2.24) is 9.97 Å². The third-order valence-corrected chi connectivity index (χ3v) is 1.33. The molecule has 0 aliphatic rings. The van der Waals surface area contributed by atoms with Crippen LogP contribution in [0.15, 0.2) is 11.4 Å². The van der Waals surface area contributed by atoms with Gasteiger partial charge in [0.15, 0.2) is 0 Å². The van der Waals surface area contributed by atoms with Crippen molar-refractivity contribution in [2.45, 2.75) is 0 Å². The maximum Gasteiger partial charge on any atom is 0.319 e. The molecule has 0 atom stereocenters. The number of ether oxygens (including phenoxy) is 2. The summed E-state index contributed by atoms with van der Waals surface area (Å²) in [5, 5.41) is 11.1. The van der Waals surface area contributed by atoms with Crippen LogP contribution in [0.5, 0.6) is 11.9 Å². The van der Waals surface area contributed by atoms with Crippen LogP contribution in [0.3, 0.4) is 0 Å². The summed E-state index contributed by atoms with van der Waals surface area (Å²) in [5.74, 6) is 0.296. The summed E-state index contributed by atoms with van der Waals surface area (Å²) >= 11 is 0. The lowest BCUT2D eigenvalue weighted by Crippen LogP contribution is -1.99. The van der Waals surface area contributed by atoms with Crippen LogP contribution in [0, 0.1) is 0 Å². The van der Waals surface area contributed by atoms with E-state index in [2.05, 4.69) is 15.1 Å². The molecule has 6 heteroatoms. The van der Waals surface area contributed by atoms with E-state index >= 15 is 0 Å². The summed E-state index contributed by atoms with van der Waals surface area (Å²) in [6.45, 7) is 0. The monoisotopic (exact) mass is 183 g/mol. The minimum atomic E-state index is 0.201. The van der Waals surface area contributed by atoms with E-state index in [9.17, 15) is 0 Å². The van der Waals surface area contributed by atoms with E-state index in [0.29, 0.717) is 11.4 Å². The lowest BCUT2D eigenvalue weighted by Gasteiger charge is -2.03. The molecule has 1 heterocycles. The number of hydrogen-bond donors (Lipinski definition) is 1. The van der Waals surface area contributed by atoms with Crippen LogP contribution < -0.4 is 9.47 Å². The van der Waals surface area contributed by atoms with Crippen molar-refractivity contribution in [2.24, 2.45) is 5.16 Å². The van der Waals surface area contributed by atoms with E-state index < -0.39 is 0 Å². The normalized spacial score (nSPS) is 10.3. The van der Waals surface area contributed by atoms with Crippen LogP contribution >= 0.6 is 0 Å². The summed E-state index contributed by atoms with van der Waals surface area (Å²) in [4.78, 5) is 7.68. The molecule has 6 nitrogen and oxygen atoms in total. The highest BCUT2D eigenvalue weighted by Crippen LogP contribution is 2.14. The number of aromatic nitrogens is 2. The van der Waals surface area contributed by atoms with E-state index in [1.54, 1.807) is 0 Å². The first-order chi connectivity index (χ1) is 6.31. The minimum absolute atomic E-state index is 0.201. The first kappa shape index (κ1) is 9.24. The molecule has 1 aromatic heterocycles. The number of nitrogens with zero attached hydrogens (tertiary/aromatic N) is 3. The van der Waals surface area contributed by atoms with Gasteiger partial charge in [0.2, 0.25) is 5.88 Å². The fraction of sp³-hybridized carbons (Fsp3) is 0.286. The Kier molecular flexibility index (Phi) is 3.02. The van der Waals surface area contributed by atoms with E-state index in [0.717, 1.165) is 0 Å². The van der Waals surface area contributed by atoms with Crippen LogP contribution in [0.4, 0.5) is 0 Å². The first-order valence-corrected chi connectivity index (χ1v) is 3.44. The second-order valence-corrected chi connectivity index (χ2v) is 2.07. The summed E-state index contributed by atoms with van der Waals surface area (Å²) in [6.07, 6.45) is 2.61. The first-order valence-electron chi connectivity index (χ1n) is 3.44. The maximum absolute atomic E-state index is 8.29. The molecule has 0 unspecified atom stereocenters. The highest BCUT2D eigenvalue weighted by molar-refractivity contribution is 5.81. The van der Waals surface area contributed by atoms with Crippen LogP contribution in [-0.2, 0) is 0 Å². The Hall–Kier alpha value is -1.85. The Balaban J connectivity index is 3.07. The molecule has 0 bridgehead atoms. The maximum atomic E-state index is 8.29. The van der Waals surface area contributed by atoms with Crippen molar-refractivity contribution in [2.75, 3.05) is 14.2 Å². The Labute approximate surface area is 74.8 Å². The largest absolute Gasteiger partial charge is 0.480 e. The van der Waals surface area contributed by atoms with Crippen LogP contribution in [0.25, 0.3) is 0 Å². The van der Waals surface area contributed by atoms with Crippen LogP contribution in [0.2, 0.25) is 0 Å². The van der Waals surface area contributed by atoms with Crippen LogP contribution in [0.1, 0.15) is 5.56 Å². The summed E-state index contributed by atoms with van der Waals surface area (Å²) < 4.78 is 9.69. The molecule has 0 aliphatic carbocycles. The SMILES string of the molecule is COc1ncc(/C=N/O)c(OC)n1. The zero-order chi connectivity index (χ0) is 9.68. The third-order valence-electron chi connectivity index (χ3n) is 1.33. The van der Waals surface area contributed by atoms with Gasteiger partial charge in [-0.15, -0.1) is 0 Å². The van der Waals surface area contributed by atoms with Crippen LogP contribution in [-0.4, -0.2) is 35.6 Å². The van der Waals surface area contributed by atoms with Gasteiger partial charge < -0.3 is 14.7 Å². The molecule has 0 aromatic carbocycles. The second-order valence-electron chi connectivity index (χ2n) is 2.07. The average Bonchev–Trinajstić information content (AvgIpc) is 2.19. The fourth-order valence-corrected chi connectivity index (χ4v) is 0.773. The molecule has 1 N–H and O–H groups in total. The van der Waals surface area contributed by atoms with Crippen molar-refractivity contribution in [3.63, 3.8) is 0 Å². The van der Waals surface area contributed by atoms with Gasteiger partial charge in [-0.3, -0.25) is 0 Å². The molecule has 70 valence electrons. The van der Waals surface area contributed by atoms with Gasteiger partial charge in [-0.1, -0.05) is 5.16 Å². The lowest BCUT2D eigenvalue weighted by molar-refractivity contribution is 0.321. The third kappa shape index (κ3) is 2.05. The van der Waals surface area contributed by atoms with Gasteiger partial charge in [-0.05, 0) is 0 Å². The number of oxime groups is 1. The molecular weight excluding hydrogens is 174 g/mol. The molecule has 0 saturated carbocycles. The number of rotatable bonds is 3. The van der Waals surface area contributed by atoms with Crippen molar-refractivity contribution in [3.8, 4) is 11.9 Å². The van der Waals surface area contributed by atoms with Gasteiger partial charge in [0.05, 0.1) is 26.0 Å². The van der Waals surface area contributed by atoms with Gasteiger partial charge >= 0.3 is 6.01 Å². The van der Waals surface area contributed by atoms with Gasteiger partial charge in [-0.25, -0.2) is 4.98 Å². The molecule has 0 fully saturated rings. The standard InChI is InChI=1S/C7H9N3O3/c1-12-6-5(4-9-11)3-8-7(10-6)13-2/h3-4,11H,1-2H3/b9-4+. The van der Waals surface area contributed by atoms with E-state index in [4.69, 9.17) is 14.7 Å². The fourth-order valence-electron chi connectivity index (χ4n) is 0.773. The van der Waals surface area contributed by atoms with E-state index in [1.165, 1.54) is 26.6 Å². The highest BCUT2D eigenvalue weighted by atomic mass is 16.5. The Bertz CT molecular complexity index is 314. The van der Waals surface area contributed by atoms with Crippen molar-refractivity contribution < 1.29 is 14.7 Å². The topological polar surface area (TPSA) is 76.8 Å². The molecule has 0 aliphatic heterocycles. The molecule has 0 radical (unpaired) electrons. The molecular formula is C7H9N3O3. The highest BCUT2D eigenvalue weighted by Gasteiger charge is 2.05. The molecule has 0 spiro atoms. The van der Waals surface area contributed by atoms with Gasteiger partial charge in [0.25, 0.3) is 0 Å². The molecule has 1 aromatic rings. The summed E-state index contributed by atoms with van der Waals surface area (Å²) in [5.41, 5.74) is 0.478. The second kappa shape index (κ2) is 4.24. The summed E-state index contributed by atoms with van der Waals surface area (Å²) in [6, 6.07) is 0.201. The van der Waals surface area contributed by atoms with Gasteiger partial charge in [0.1, 0.15) is 0 Å². The minimum Gasteiger partial charge on any atom is -0.480 e. The quantitative estimate of drug-likeness (QED) is 0.414. The van der Waals surface area contributed by atoms with Gasteiger partial charge in [-0.2, -0.15) is 4.98 Å². The Morgan fingerprint density at radius 3 is 2.77 bits per heavy atom. The number of methoxy groups -OCH3 is 2. The molecule has 13 heavy (non-hydrogen) atoms. The van der Waals surface area contributed by atoms with E-state index in [-0.39, 0.29) is 6.01 Å². The van der Waals surface area contributed by atoms with Crippen molar-refractivity contribution in [1.29, 1.82) is 0 Å². The molecule has 0 amide bonds. The Morgan fingerprint density at radius 1 is 1.46 bits per heavy atom. The smallest absolute Gasteiger partial charge is 0.319 e.